The van der Waals surface area contributed by atoms with Gasteiger partial charge in [-0.2, -0.15) is 0 Å². The number of carbonyl (C=O) groups excluding carboxylic acids is 2. The molecule has 7 nitrogen and oxygen atoms in total. The molecule has 128 valence electrons. The van der Waals surface area contributed by atoms with Crippen LogP contribution in [0.2, 0.25) is 0 Å². The lowest BCUT2D eigenvalue weighted by Crippen LogP contribution is -2.33. The van der Waals surface area contributed by atoms with Crippen LogP contribution in [0.25, 0.3) is 0 Å². The molecule has 0 aliphatic carbocycles. The summed E-state index contributed by atoms with van der Waals surface area (Å²) >= 11 is 0. The zero-order valence-electron chi connectivity index (χ0n) is 13.8. The van der Waals surface area contributed by atoms with Crippen molar-refractivity contribution in [2.24, 2.45) is 5.92 Å². The number of hydrogen-bond acceptors (Lipinski definition) is 5. The van der Waals surface area contributed by atoms with Crippen molar-refractivity contribution in [1.82, 2.24) is 5.32 Å². The van der Waals surface area contributed by atoms with E-state index < -0.39 is 11.7 Å². The molecule has 0 unspecified atom stereocenters. The van der Waals surface area contributed by atoms with Crippen molar-refractivity contribution in [3.05, 3.63) is 18.1 Å². The van der Waals surface area contributed by atoms with Crippen LogP contribution in [0.4, 0.5) is 10.5 Å². The Morgan fingerprint density at radius 1 is 1.39 bits per heavy atom. The molecular formula is C16H24N2O5. The van der Waals surface area contributed by atoms with Gasteiger partial charge in [-0.05, 0) is 39.5 Å². The second-order valence-electron chi connectivity index (χ2n) is 6.58. The highest BCUT2D eigenvalue weighted by molar-refractivity contribution is 6.00. The molecule has 0 bridgehead atoms. The Morgan fingerprint density at radius 2 is 2.17 bits per heavy atom. The lowest BCUT2D eigenvalue weighted by atomic mass is 10.0. The van der Waals surface area contributed by atoms with Gasteiger partial charge in [0.05, 0.1) is 18.6 Å². The molecule has 1 atom stereocenters. The molecule has 7 heteroatoms. The standard InChI is InChI=1S/C16H24N2O5/c1-16(2,3)23-15(20)18-12-6-8-22-13(12)14(19)17-9-11-5-4-7-21-10-11/h6,8,11H,4-5,7,9-10H2,1-3H3,(H,17,19)(H,18,20)/t11-/m1/s1. The first-order chi connectivity index (χ1) is 10.8. The second kappa shape index (κ2) is 7.50. The Kier molecular flexibility index (Phi) is 5.65. The van der Waals surface area contributed by atoms with Crippen LogP contribution in [-0.4, -0.2) is 37.4 Å². The van der Waals surface area contributed by atoms with Crippen molar-refractivity contribution in [3.8, 4) is 0 Å². The molecule has 2 N–H and O–H groups in total. The number of rotatable bonds is 4. The van der Waals surface area contributed by atoms with Gasteiger partial charge < -0.3 is 19.2 Å². The molecule has 0 radical (unpaired) electrons. The number of ether oxygens (including phenoxy) is 2. The van der Waals surface area contributed by atoms with Gasteiger partial charge in [0.2, 0.25) is 5.76 Å². The topological polar surface area (TPSA) is 89.8 Å². The van der Waals surface area contributed by atoms with E-state index in [-0.39, 0.29) is 17.4 Å². The molecule has 1 fully saturated rings. The van der Waals surface area contributed by atoms with E-state index in [9.17, 15) is 9.59 Å². The van der Waals surface area contributed by atoms with Gasteiger partial charge in [-0.25, -0.2) is 4.79 Å². The number of hydrogen-bond donors (Lipinski definition) is 2. The van der Waals surface area contributed by atoms with Crippen LogP contribution in [0, 0.1) is 5.92 Å². The van der Waals surface area contributed by atoms with Crippen molar-refractivity contribution >= 4 is 17.7 Å². The Labute approximate surface area is 135 Å². The Bertz CT molecular complexity index is 541. The number of amides is 2. The summed E-state index contributed by atoms with van der Waals surface area (Å²) in [6.07, 6.45) is 2.76. The molecule has 0 saturated carbocycles. The number of carbonyl (C=O) groups is 2. The molecule has 1 aliphatic rings. The summed E-state index contributed by atoms with van der Waals surface area (Å²) in [5, 5.41) is 5.34. The third-order valence-corrected chi connectivity index (χ3v) is 3.31. The fourth-order valence-electron chi connectivity index (χ4n) is 2.28. The largest absolute Gasteiger partial charge is 0.457 e. The van der Waals surface area contributed by atoms with Gasteiger partial charge in [0.15, 0.2) is 0 Å². The molecule has 23 heavy (non-hydrogen) atoms. The van der Waals surface area contributed by atoms with Gasteiger partial charge in [0.1, 0.15) is 5.60 Å². The van der Waals surface area contributed by atoms with Crippen molar-refractivity contribution in [2.45, 2.75) is 39.2 Å². The number of anilines is 1. The van der Waals surface area contributed by atoms with E-state index in [1.165, 1.54) is 12.3 Å². The Balaban J connectivity index is 1.88. The maximum Gasteiger partial charge on any atom is 0.412 e. The third kappa shape index (κ3) is 5.59. The maximum absolute atomic E-state index is 12.2. The highest BCUT2D eigenvalue weighted by Gasteiger charge is 2.22. The predicted molar refractivity (Wildman–Crippen MR) is 84.4 cm³/mol. The highest BCUT2D eigenvalue weighted by Crippen LogP contribution is 2.19. The van der Waals surface area contributed by atoms with E-state index in [0.717, 1.165) is 19.4 Å². The van der Waals surface area contributed by atoms with Gasteiger partial charge in [0, 0.05) is 19.2 Å². The summed E-state index contributed by atoms with van der Waals surface area (Å²) in [6, 6.07) is 1.52. The normalized spacial score (nSPS) is 18.3. The summed E-state index contributed by atoms with van der Waals surface area (Å²) < 4.78 is 15.7. The summed E-state index contributed by atoms with van der Waals surface area (Å²) in [6.45, 7) is 7.25. The van der Waals surface area contributed by atoms with Crippen molar-refractivity contribution < 1.29 is 23.5 Å². The molecular weight excluding hydrogens is 300 g/mol. The summed E-state index contributed by atoms with van der Waals surface area (Å²) in [7, 11) is 0. The van der Waals surface area contributed by atoms with E-state index >= 15 is 0 Å². The smallest absolute Gasteiger partial charge is 0.412 e. The molecule has 1 saturated heterocycles. The van der Waals surface area contributed by atoms with Gasteiger partial charge in [-0.3, -0.25) is 10.1 Å². The lowest BCUT2D eigenvalue weighted by Gasteiger charge is -2.22. The third-order valence-electron chi connectivity index (χ3n) is 3.31. The van der Waals surface area contributed by atoms with E-state index in [2.05, 4.69) is 10.6 Å². The molecule has 1 aliphatic heterocycles. The van der Waals surface area contributed by atoms with Crippen molar-refractivity contribution in [3.63, 3.8) is 0 Å². The fraction of sp³-hybridized carbons (Fsp3) is 0.625. The number of furan rings is 1. The first kappa shape index (κ1) is 17.3. The number of nitrogens with one attached hydrogen (secondary N) is 2. The predicted octanol–water partition coefficient (Wildman–Crippen LogP) is 2.78. The summed E-state index contributed by atoms with van der Waals surface area (Å²) in [5.74, 6) is 0.00384. The van der Waals surface area contributed by atoms with E-state index in [1.807, 2.05) is 0 Å². The average molecular weight is 324 g/mol. The molecule has 0 aromatic carbocycles. The van der Waals surface area contributed by atoms with E-state index in [0.29, 0.717) is 19.1 Å². The van der Waals surface area contributed by atoms with Crippen LogP contribution in [0.15, 0.2) is 16.7 Å². The Hall–Kier alpha value is -2.02. The zero-order valence-corrected chi connectivity index (χ0v) is 13.8. The minimum absolute atomic E-state index is 0.0626. The van der Waals surface area contributed by atoms with Gasteiger partial charge in [-0.15, -0.1) is 0 Å². The Morgan fingerprint density at radius 3 is 2.83 bits per heavy atom. The monoisotopic (exact) mass is 324 g/mol. The van der Waals surface area contributed by atoms with E-state index in [4.69, 9.17) is 13.9 Å². The average Bonchev–Trinajstić information content (AvgIpc) is 2.92. The first-order valence-electron chi connectivity index (χ1n) is 7.78. The van der Waals surface area contributed by atoms with Gasteiger partial charge in [-0.1, -0.05) is 0 Å². The molecule has 1 aromatic heterocycles. The summed E-state index contributed by atoms with van der Waals surface area (Å²) in [5.41, 5.74) is -0.325. The lowest BCUT2D eigenvalue weighted by molar-refractivity contribution is 0.0533. The molecule has 1 aromatic rings. The SMILES string of the molecule is CC(C)(C)OC(=O)Nc1ccoc1C(=O)NC[C@H]1CCCOC1. The highest BCUT2D eigenvalue weighted by atomic mass is 16.6. The van der Waals surface area contributed by atoms with Crippen LogP contribution in [0.5, 0.6) is 0 Å². The quantitative estimate of drug-likeness (QED) is 0.889. The minimum Gasteiger partial charge on any atom is -0.457 e. The van der Waals surface area contributed by atoms with Crippen molar-refractivity contribution in [2.75, 3.05) is 25.1 Å². The second-order valence-corrected chi connectivity index (χ2v) is 6.58. The minimum atomic E-state index is -0.631. The van der Waals surface area contributed by atoms with Crippen LogP contribution in [0.3, 0.4) is 0 Å². The summed E-state index contributed by atoms with van der Waals surface area (Å²) in [4.78, 5) is 24.0. The van der Waals surface area contributed by atoms with Crippen LogP contribution in [0.1, 0.15) is 44.2 Å². The first-order valence-corrected chi connectivity index (χ1v) is 7.78. The molecule has 2 rings (SSSR count). The van der Waals surface area contributed by atoms with Crippen LogP contribution in [-0.2, 0) is 9.47 Å². The van der Waals surface area contributed by atoms with Crippen LogP contribution < -0.4 is 10.6 Å². The van der Waals surface area contributed by atoms with E-state index in [1.54, 1.807) is 20.8 Å². The van der Waals surface area contributed by atoms with Crippen LogP contribution >= 0.6 is 0 Å². The molecule has 2 amide bonds. The van der Waals surface area contributed by atoms with Gasteiger partial charge >= 0.3 is 6.09 Å². The van der Waals surface area contributed by atoms with Gasteiger partial charge in [0.25, 0.3) is 5.91 Å². The molecule has 0 spiro atoms. The van der Waals surface area contributed by atoms with Crippen molar-refractivity contribution in [1.29, 1.82) is 0 Å². The zero-order chi connectivity index (χ0) is 16.9. The molecule has 2 heterocycles. The maximum atomic E-state index is 12.2. The fourth-order valence-corrected chi connectivity index (χ4v) is 2.28.